The Morgan fingerprint density at radius 3 is 2.80 bits per heavy atom. The highest BCUT2D eigenvalue weighted by atomic mass is 15.0. The van der Waals surface area contributed by atoms with Crippen LogP contribution in [0.5, 0.6) is 0 Å². The summed E-state index contributed by atoms with van der Waals surface area (Å²) in [7, 11) is 0. The van der Waals surface area contributed by atoms with E-state index >= 15 is 0 Å². The van der Waals surface area contributed by atoms with Crippen molar-refractivity contribution in [2.75, 3.05) is 6.54 Å². The zero-order valence-electron chi connectivity index (χ0n) is 9.33. The van der Waals surface area contributed by atoms with Crippen LogP contribution in [0.25, 0.3) is 0 Å². The van der Waals surface area contributed by atoms with Gasteiger partial charge in [-0.25, -0.2) is 0 Å². The second-order valence-corrected chi connectivity index (χ2v) is 3.76. The number of rotatable bonds is 4. The summed E-state index contributed by atoms with van der Waals surface area (Å²) in [4.78, 5) is 0. The van der Waals surface area contributed by atoms with Crippen molar-refractivity contribution in [3.63, 3.8) is 0 Å². The van der Waals surface area contributed by atoms with Crippen LogP contribution in [0, 0.1) is 19.3 Å². The highest BCUT2D eigenvalue weighted by molar-refractivity contribution is 5.25. The standard InChI is InChI=1S/C13H18N2/c1-4-11(3)15-13(9-14)12-7-5-6-10(2)8-12/h1,5-8,11,13,15H,9,14H2,2-3H3. The van der Waals surface area contributed by atoms with Gasteiger partial charge < -0.3 is 5.73 Å². The highest BCUT2D eigenvalue weighted by Gasteiger charge is 2.10. The van der Waals surface area contributed by atoms with E-state index in [1.807, 2.05) is 13.0 Å². The van der Waals surface area contributed by atoms with Crippen LogP contribution in [-0.2, 0) is 0 Å². The Morgan fingerprint density at radius 1 is 1.53 bits per heavy atom. The molecule has 0 radical (unpaired) electrons. The van der Waals surface area contributed by atoms with E-state index in [0.29, 0.717) is 6.54 Å². The molecule has 0 fully saturated rings. The van der Waals surface area contributed by atoms with Crippen LogP contribution < -0.4 is 11.1 Å². The monoisotopic (exact) mass is 202 g/mol. The summed E-state index contributed by atoms with van der Waals surface area (Å²) < 4.78 is 0. The molecule has 3 N–H and O–H groups in total. The van der Waals surface area contributed by atoms with E-state index in [9.17, 15) is 0 Å². The maximum atomic E-state index is 5.73. The summed E-state index contributed by atoms with van der Waals surface area (Å²) in [5.41, 5.74) is 8.16. The molecule has 2 unspecified atom stereocenters. The van der Waals surface area contributed by atoms with Gasteiger partial charge >= 0.3 is 0 Å². The minimum absolute atomic E-state index is 0.0408. The third-order valence-corrected chi connectivity index (χ3v) is 2.38. The SMILES string of the molecule is C#CC(C)NC(CN)c1cccc(C)c1. The van der Waals surface area contributed by atoms with E-state index < -0.39 is 0 Å². The van der Waals surface area contributed by atoms with Crippen LogP contribution in [0.4, 0.5) is 0 Å². The molecule has 15 heavy (non-hydrogen) atoms. The van der Waals surface area contributed by atoms with E-state index in [1.54, 1.807) is 0 Å². The van der Waals surface area contributed by atoms with Crippen LogP contribution in [0.1, 0.15) is 24.1 Å². The Morgan fingerprint density at radius 2 is 2.27 bits per heavy atom. The second kappa shape index (κ2) is 5.55. The Bertz CT molecular complexity index is 352. The highest BCUT2D eigenvalue weighted by Crippen LogP contribution is 2.13. The van der Waals surface area contributed by atoms with Crippen molar-refractivity contribution in [2.24, 2.45) is 5.73 Å². The summed E-state index contributed by atoms with van der Waals surface area (Å²) in [5.74, 6) is 2.65. The molecule has 1 rings (SSSR count). The topological polar surface area (TPSA) is 38.0 Å². The first-order chi connectivity index (χ1) is 7.17. The Hall–Kier alpha value is -1.30. The molecule has 0 bridgehead atoms. The molecule has 1 aromatic carbocycles. The predicted molar refractivity (Wildman–Crippen MR) is 64.4 cm³/mol. The minimum Gasteiger partial charge on any atom is -0.329 e. The van der Waals surface area contributed by atoms with Crippen molar-refractivity contribution < 1.29 is 0 Å². The number of terminal acetylenes is 1. The fraction of sp³-hybridized carbons (Fsp3) is 0.385. The Balaban J connectivity index is 2.79. The van der Waals surface area contributed by atoms with Gasteiger partial charge in [0.1, 0.15) is 0 Å². The van der Waals surface area contributed by atoms with Gasteiger partial charge in [0.15, 0.2) is 0 Å². The first kappa shape index (κ1) is 11.8. The van der Waals surface area contributed by atoms with Gasteiger partial charge in [-0.2, -0.15) is 0 Å². The molecule has 0 spiro atoms. The lowest BCUT2D eigenvalue weighted by atomic mass is 10.0. The molecule has 0 aromatic heterocycles. The normalized spacial score (nSPS) is 14.3. The fourth-order valence-corrected chi connectivity index (χ4v) is 1.54. The van der Waals surface area contributed by atoms with Gasteiger partial charge in [0.2, 0.25) is 0 Å². The van der Waals surface area contributed by atoms with E-state index in [0.717, 1.165) is 0 Å². The summed E-state index contributed by atoms with van der Waals surface area (Å²) in [5, 5.41) is 3.30. The number of hydrogen-bond acceptors (Lipinski definition) is 2. The average Bonchev–Trinajstić information content (AvgIpc) is 2.25. The lowest BCUT2D eigenvalue weighted by Gasteiger charge is -2.19. The van der Waals surface area contributed by atoms with Gasteiger partial charge in [-0.3, -0.25) is 5.32 Å². The number of benzene rings is 1. The largest absolute Gasteiger partial charge is 0.329 e. The number of nitrogens with two attached hydrogens (primary N) is 1. The number of hydrogen-bond donors (Lipinski definition) is 2. The van der Waals surface area contributed by atoms with E-state index in [-0.39, 0.29) is 12.1 Å². The molecule has 0 aliphatic heterocycles. The summed E-state index contributed by atoms with van der Waals surface area (Å²) >= 11 is 0. The molecule has 0 aliphatic rings. The maximum absolute atomic E-state index is 5.73. The zero-order chi connectivity index (χ0) is 11.3. The van der Waals surface area contributed by atoms with Crippen LogP contribution in [0.3, 0.4) is 0 Å². The molecule has 1 aromatic rings. The van der Waals surface area contributed by atoms with Crippen molar-refractivity contribution in [3.8, 4) is 12.3 Å². The lowest BCUT2D eigenvalue weighted by Crippen LogP contribution is -2.34. The van der Waals surface area contributed by atoms with Crippen LogP contribution in [-0.4, -0.2) is 12.6 Å². The molecule has 0 amide bonds. The molecule has 2 heteroatoms. The molecule has 2 nitrogen and oxygen atoms in total. The van der Waals surface area contributed by atoms with Gasteiger partial charge in [0.05, 0.1) is 6.04 Å². The summed E-state index contributed by atoms with van der Waals surface area (Å²) in [6, 6.07) is 8.49. The molecule has 0 saturated carbocycles. The van der Waals surface area contributed by atoms with Crippen molar-refractivity contribution in [1.29, 1.82) is 0 Å². The smallest absolute Gasteiger partial charge is 0.0663 e. The number of nitrogens with one attached hydrogen (secondary N) is 1. The van der Waals surface area contributed by atoms with E-state index in [1.165, 1.54) is 11.1 Å². The number of aryl methyl sites for hydroxylation is 1. The quantitative estimate of drug-likeness (QED) is 0.728. The Kier molecular flexibility index (Phi) is 4.36. The molecule has 2 atom stereocenters. The van der Waals surface area contributed by atoms with Gasteiger partial charge in [-0.05, 0) is 19.4 Å². The first-order valence-electron chi connectivity index (χ1n) is 5.16. The maximum Gasteiger partial charge on any atom is 0.0663 e. The molecule has 0 heterocycles. The van der Waals surface area contributed by atoms with Crippen LogP contribution in [0.15, 0.2) is 24.3 Å². The first-order valence-corrected chi connectivity index (χ1v) is 5.16. The lowest BCUT2D eigenvalue weighted by molar-refractivity contribution is 0.518. The third kappa shape index (κ3) is 3.39. The molecule has 80 valence electrons. The van der Waals surface area contributed by atoms with Crippen LogP contribution >= 0.6 is 0 Å². The molecule has 0 aliphatic carbocycles. The van der Waals surface area contributed by atoms with Gasteiger partial charge in [0.25, 0.3) is 0 Å². The zero-order valence-corrected chi connectivity index (χ0v) is 9.33. The third-order valence-electron chi connectivity index (χ3n) is 2.38. The Labute approximate surface area is 91.9 Å². The van der Waals surface area contributed by atoms with Crippen molar-refractivity contribution in [1.82, 2.24) is 5.32 Å². The van der Waals surface area contributed by atoms with E-state index in [2.05, 4.69) is 36.4 Å². The fourth-order valence-electron chi connectivity index (χ4n) is 1.54. The molecular weight excluding hydrogens is 184 g/mol. The summed E-state index contributed by atoms with van der Waals surface area (Å²) in [6.07, 6.45) is 5.33. The summed E-state index contributed by atoms with van der Waals surface area (Å²) in [6.45, 7) is 4.58. The van der Waals surface area contributed by atoms with E-state index in [4.69, 9.17) is 12.2 Å². The van der Waals surface area contributed by atoms with Crippen molar-refractivity contribution in [3.05, 3.63) is 35.4 Å². The molecule has 0 saturated heterocycles. The van der Waals surface area contributed by atoms with Gasteiger partial charge in [0, 0.05) is 12.6 Å². The predicted octanol–water partition coefficient (Wildman–Crippen LogP) is 1.61. The van der Waals surface area contributed by atoms with Crippen LogP contribution in [0.2, 0.25) is 0 Å². The average molecular weight is 202 g/mol. The molecular formula is C13H18N2. The second-order valence-electron chi connectivity index (χ2n) is 3.76. The van der Waals surface area contributed by atoms with Crippen molar-refractivity contribution in [2.45, 2.75) is 25.9 Å². The van der Waals surface area contributed by atoms with Gasteiger partial charge in [-0.15, -0.1) is 6.42 Å². The van der Waals surface area contributed by atoms with Crippen molar-refractivity contribution >= 4 is 0 Å². The minimum atomic E-state index is 0.0408. The van der Waals surface area contributed by atoms with Gasteiger partial charge in [-0.1, -0.05) is 35.7 Å².